The van der Waals surface area contributed by atoms with Gasteiger partial charge in [0.2, 0.25) is 0 Å². The van der Waals surface area contributed by atoms with E-state index in [9.17, 15) is 0 Å². The molecule has 0 atom stereocenters. The summed E-state index contributed by atoms with van der Waals surface area (Å²) >= 11 is 2.08. The second-order valence-corrected chi connectivity index (χ2v) is 7.24. The maximum atomic E-state index is 5.79. The average Bonchev–Trinajstić information content (AvgIpc) is 2.63. The minimum Gasteiger partial charge on any atom is -0.487 e. The van der Waals surface area contributed by atoms with Gasteiger partial charge in [-0.2, -0.15) is 11.8 Å². The van der Waals surface area contributed by atoms with E-state index in [4.69, 9.17) is 4.74 Å². The van der Waals surface area contributed by atoms with E-state index >= 15 is 0 Å². The first-order valence-electron chi connectivity index (χ1n) is 8.21. The molecule has 0 saturated carbocycles. The Morgan fingerprint density at radius 3 is 2.61 bits per heavy atom. The maximum absolute atomic E-state index is 5.79. The molecule has 1 saturated heterocycles. The van der Waals surface area contributed by atoms with Gasteiger partial charge in [-0.1, -0.05) is 18.2 Å². The van der Waals surface area contributed by atoms with Crippen LogP contribution in [0.15, 0.2) is 48.7 Å². The highest BCUT2D eigenvalue weighted by Crippen LogP contribution is 2.22. The van der Waals surface area contributed by atoms with Gasteiger partial charge in [0.05, 0.1) is 5.69 Å². The van der Waals surface area contributed by atoms with Crippen LogP contribution >= 0.6 is 11.8 Å². The van der Waals surface area contributed by atoms with E-state index < -0.39 is 0 Å². The van der Waals surface area contributed by atoms with Crippen molar-refractivity contribution in [2.24, 2.45) is 0 Å². The lowest BCUT2D eigenvalue weighted by atomic mass is 10.1. The fourth-order valence-corrected chi connectivity index (χ4v) is 3.96. The Bertz CT molecular complexity index is 582. The topological polar surface area (TPSA) is 25.4 Å². The summed E-state index contributed by atoms with van der Waals surface area (Å²) in [6, 6.07) is 15.1. The fraction of sp³-hybridized carbons (Fsp3) is 0.421. The van der Waals surface area contributed by atoms with Gasteiger partial charge < -0.3 is 4.74 Å². The van der Waals surface area contributed by atoms with Crippen LogP contribution in [0.5, 0.6) is 5.75 Å². The smallest absolute Gasteiger partial charge is 0.130 e. The van der Waals surface area contributed by atoms with Crippen LogP contribution in [0.2, 0.25) is 0 Å². The van der Waals surface area contributed by atoms with Gasteiger partial charge in [-0.25, -0.2) is 0 Å². The number of aromatic nitrogens is 1. The average molecular weight is 328 g/mol. The van der Waals surface area contributed by atoms with Crippen molar-refractivity contribution < 1.29 is 4.74 Å². The summed E-state index contributed by atoms with van der Waals surface area (Å²) < 4.78 is 5.79. The molecule has 0 N–H and O–H groups in total. The van der Waals surface area contributed by atoms with E-state index in [0.717, 1.165) is 24.0 Å². The molecule has 122 valence electrons. The van der Waals surface area contributed by atoms with Crippen LogP contribution in [0.3, 0.4) is 0 Å². The number of rotatable bonds is 6. The van der Waals surface area contributed by atoms with Gasteiger partial charge in [0, 0.05) is 18.8 Å². The monoisotopic (exact) mass is 328 g/mol. The van der Waals surface area contributed by atoms with Crippen LogP contribution in [0, 0.1) is 0 Å². The molecule has 0 radical (unpaired) electrons. The van der Waals surface area contributed by atoms with E-state index in [-0.39, 0.29) is 0 Å². The van der Waals surface area contributed by atoms with Crippen molar-refractivity contribution in [1.29, 1.82) is 0 Å². The third-order valence-electron chi connectivity index (χ3n) is 4.28. The Kier molecular flexibility index (Phi) is 5.94. The molecule has 2 aromatic rings. The summed E-state index contributed by atoms with van der Waals surface area (Å²) in [7, 11) is 2.24. The van der Waals surface area contributed by atoms with Gasteiger partial charge in [-0.3, -0.25) is 9.88 Å². The molecule has 0 aliphatic carbocycles. The maximum Gasteiger partial charge on any atom is 0.130 e. The van der Waals surface area contributed by atoms with Gasteiger partial charge in [0.15, 0.2) is 0 Å². The Morgan fingerprint density at radius 1 is 1.13 bits per heavy atom. The molecule has 23 heavy (non-hydrogen) atoms. The molecule has 3 nitrogen and oxygen atoms in total. The van der Waals surface area contributed by atoms with Crippen molar-refractivity contribution in [2.45, 2.75) is 32.0 Å². The first kappa shape index (κ1) is 16.3. The fourth-order valence-electron chi connectivity index (χ4n) is 2.87. The molecule has 0 bridgehead atoms. The molecule has 0 unspecified atom stereocenters. The lowest BCUT2D eigenvalue weighted by Gasteiger charge is -2.31. The van der Waals surface area contributed by atoms with Crippen LogP contribution in [0.4, 0.5) is 0 Å². The second-order valence-electron chi connectivity index (χ2n) is 6.01. The predicted octanol–water partition coefficient (Wildman–Crippen LogP) is 3.99. The largest absolute Gasteiger partial charge is 0.487 e. The molecule has 3 rings (SSSR count). The zero-order valence-electron chi connectivity index (χ0n) is 13.6. The highest BCUT2D eigenvalue weighted by Gasteiger charge is 2.18. The summed E-state index contributed by atoms with van der Waals surface area (Å²) in [5, 5.41) is 0. The van der Waals surface area contributed by atoms with Gasteiger partial charge in [0.1, 0.15) is 12.4 Å². The number of thioether (sulfide) groups is 1. The molecule has 1 aromatic carbocycles. The summed E-state index contributed by atoms with van der Waals surface area (Å²) in [6.07, 6.45) is 4.42. The number of hydrogen-bond donors (Lipinski definition) is 0. The van der Waals surface area contributed by atoms with Crippen LogP contribution in [0.1, 0.15) is 24.1 Å². The predicted molar refractivity (Wildman–Crippen MR) is 96.8 cm³/mol. The van der Waals surface area contributed by atoms with Gasteiger partial charge in [-0.15, -0.1) is 0 Å². The number of benzene rings is 1. The third kappa shape index (κ3) is 4.98. The van der Waals surface area contributed by atoms with Crippen molar-refractivity contribution in [3.05, 3.63) is 59.9 Å². The van der Waals surface area contributed by atoms with Crippen LogP contribution < -0.4 is 4.74 Å². The van der Waals surface area contributed by atoms with Crippen molar-refractivity contribution >= 4 is 11.8 Å². The summed E-state index contributed by atoms with van der Waals surface area (Å²) in [5.41, 5.74) is 2.29. The highest BCUT2D eigenvalue weighted by atomic mass is 32.2. The van der Waals surface area contributed by atoms with Crippen molar-refractivity contribution in [3.63, 3.8) is 0 Å². The standard InChI is InChI=1S/C19H24N2OS/c1-21(18-9-12-23-13-10-18)14-16-5-7-19(8-6-16)22-15-17-4-2-3-11-20-17/h2-8,11,18H,9-10,12-15H2,1H3. The lowest BCUT2D eigenvalue weighted by molar-refractivity contribution is 0.221. The van der Waals surface area contributed by atoms with E-state index in [1.54, 1.807) is 6.20 Å². The molecule has 4 heteroatoms. The van der Waals surface area contributed by atoms with E-state index in [1.165, 1.54) is 29.9 Å². The van der Waals surface area contributed by atoms with Gasteiger partial charge in [0.25, 0.3) is 0 Å². The zero-order chi connectivity index (χ0) is 15.9. The van der Waals surface area contributed by atoms with E-state index in [1.807, 2.05) is 18.2 Å². The van der Waals surface area contributed by atoms with Crippen molar-refractivity contribution in [1.82, 2.24) is 9.88 Å². The number of nitrogens with zero attached hydrogens (tertiary/aromatic N) is 2. The Labute approximate surface area is 143 Å². The number of ether oxygens (including phenoxy) is 1. The van der Waals surface area contributed by atoms with E-state index in [2.05, 4.69) is 53.0 Å². The minimum atomic E-state index is 0.514. The normalized spacial score (nSPS) is 15.7. The lowest BCUT2D eigenvalue weighted by Crippen LogP contribution is -2.34. The Morgan fingerprint density at radius 2 is 1.91 bits per heavy atom. The van der Waals surface area contributed by atoms with E-state index in [0.29, 0.717) is 6.61 Å². The van der Waals surface area contributed by atoms with Gasteiger partial charge >= 0.3 is 0 Å². The molecule has 2 heterocycles. The molecular weight excluding hydrogens is 304 g/mol. The minimum absolute atomic E-state index is 0.514. The summed E-state index contributed by atoms with van der Waals surface area (Å²) in [6.45, 7) is 1.52. The van der Waals surface area contributed by atoms with Crippen molar-refractivity contribution in [3.8, 4) is 5.75 Å². The summed E-state index contributed by atoms with van der Waals surface area (Å²) in [4.78, 5) is 6.76. The molecule has 1 aliphatic rings. The first-order chi connectivity index (χ1) is 11.3. The van der Waals surface area contributed by atoms with Crippen LogP contribution in [-0.2, 0) is 13.2 Å². The highest BCUT2D eigenvalue weighted by molar-refractivity contribution is 7.99. The quantitative estimate of drug-likeness (QED) is 0.801. The first-order valence-corrected chi connectivity index (χ1v) is 9.36. The molecule has 1 aliphatic heterocycles. The van der Waals surface area contributed by atoms with Gasteiger partial charge in [-0.05, 0) is 61.2 Å². The summed E-state index contributed by atoms with van der Waals surface area (Å²) in [5.74, 6) is 3.50. The number of hydrogen-bond acceptors (Lipinski definition) is 4. The Hall–Kier alpha value is -1.52. The second kappa shape index (κ2) is 8.37. The number of pyridine rings is 1. The molecule has 0 amide bonds. The van der Waals surface area contributed by atoms with Crippen molar-refractivity contribution in [2.75, 3.05) is 18.6 Å². The third-order valence-corrected chi connectivity index (χ3v) is 5.33. The molecule has 0 spiro atoms. The molecule has 1 aromatic heterocycles. The SMILES string of the molecule is CN(Cc1ccc(OCc2ccccn2)cc1)C1CCSCC1. The van der Waals surface area contributed by atoms with Crippen LogP contribution in [0.25, 0.3) is 0 Å². The molecule has 1 fully saturated rings. The Balaban J connectivity index is 1.50. The van der Waals surface area contributed by atoms with Crippen LogP contribution in [-0.4, -0.2) is 34.5 Å². The zero-order valence-corrected chi connectivity index (χ0v) is 14.5. The molecular formula is C19H24N2OS.